The molecule has 0 spiro atoms. The molecule has 6 heteroatoms. The van der Waals surface area contributed by atoms with Crippen molar-refractivity contribution in [2.75, 3.05) is 0 Å². The van der Waals surface area contributed by atoms with Gasteiger partial charge in [0.25, 0.3) is 5.56 Å². The highest BCUT2D eigenvalue weighted by Crippen LogP contribution is 2.26. The van der Waals surface area contributed by atoms with Crippen molar-refractivity contribution in [3.63, 3.8) is 0 Å². The predicted octanol–water partition coefficient (Wildman–Crippen LogP) is 6.52. The molecule has 0 amide bonds. The second-order valence-corrected chi connectivity index (χ2v) is 9.14. The highest BCUT2D eigenvalue weighted by molar-refractivity contribution is 9.10. The molecule has 5 aromatic rings. The molecule has 0 radical (unpaired) electrons. The van der Waals surface area contributed by atoms with Crippen LogP contribution in [0.5, 0.6) is 0 Å². The zero-order valence-electron chi connectivity index (χ0n) is 19.2. The van der Waals surface area contributed by atoms with Crippen molar-refractivity contribution >= 4 is 27.1 Å². The maximum absolute atomic E-state index is 13.9. The van der Waals surface area contributed by atoms with Crippen molar-refractivity contribution in [1.29, 1.82) is 0 Å². The highest BCUT2D eigenvalue weighted by Gasteiger charge is 2.21. The summed E-state index contributed by atoms with van der Waals surface area (Å²) >= 11 is 3.49. The highest BCUT2D eigenvalue weighted by atomic mass is 79.9. The third-order valence-corrected chi connectivity index (χ3v) is 6.45. The number of benzene rings is 3. The van der Waals surface area contributed by atoms with Crippen LogP contribution in [0.15, 0.2) is 88.1 Å². The van der Waals surface area contributed by atoms with Crippen molar-refractivity contribution in [3.8, 4) is 22.8 Å². The van der Waals surface area contributed by atoms with Gasteiger partial charge in [-0.15, -0.1) is 0 Å². The minimum atomic E-state index is -0.177. The van der Waals surface area contributed by atoms with E-state index in [1.165, 1.54) is 5.56 Å². The van der Waals surface area contributed by atoms with E-state index < -0.39 is 0 Å². The Labute approximate surface area is 206 Å². The monoisotopic (exact) mass is 512 g/mol. The minimum absolute atomic E-state index is 0.177. The van der Waals surface area contributed by atoms with E-state index in [4.69, 9.17) is 9.97 Å². The summed E-state index contributed by atoms with van der Waals surface area (Å²) in [7, 11) is 0. The molecule has 0 aliphatic rings. The summed E-state index contributed by atoms with van der Waals surface area (Å²) in [6, 6.07) is 26.0. The van der Waals surface area contributed by atoms with Gasteiger partial charge in [0, 0.05) is 22.1 Å². The van der Waals surface area contributed by atoms with Gasteiger partial charge in [-0.2, -0.15) is 0 Å². The number of imidazole rings is 1. The molecule has 170 valence electrons. The Morgan fingerprint density at radius 2 is 1.47 bits per heavy atom. The zero-order valence-corrected chi connectivity index (χ0v) is 20.8. The van der Waals surface area contributed by atoms with E-state index in [1.54, 1.807) is 4.57 Å². The number of rotatable bonds is 6. The summed E-state index contributed by atoms with van der Waals surface area (Å²) in [5, 5.41) is 0. The Balaban J connectivity index is 1.84. The van der Waals surface area contributed by atoms with Gasteiger partial charge in [0.05, 0.1) is 5.69 Å². The fourth-order valence-electron chi connectivity index (χ4n) is 4.27. The Kier molecular flexibility index (Phi) is 6.16. The van der Waals surface area contributed by atoms with Gasteiger partial charge in [0.1, 0.15) is 11.6 Å². The number of hydrogen-bond donors (Lipinski definition) is 0. The quantitative estimate of drug-likeness (QED) is 0.260. The van der Waals surface area contributed by atoms with Crippen LogP contribution in [-0.4, -0.2) is 19.1 Å². The summed E-state index contributed by atoms with van der Waals surface area (Å²) in [4.78, 5) is 23.7. The molecule has 0 fully saturated rings. The second-order valence-electron chi connectivity index (χ2n) is 8.22. The lowest BCUT2D eigenvalue weighted by Gasteiger charge is -2.14. The molecule has 0 aliphatic carbocycles. The normalized spacial score (nSPS) is 11.3. The van der Waals surface area contributed by atoms with E-state index in [9.17, 15) is 4.79 Å². The molecule has 0 N–H and O–H groups in total. The molecule has 2 heterocycles. The van der Waals surface area contributed by atoms with Crippen LogP contribution >= 0.6 is 15.9 Å². The molecule has 0 bridgehead atoms. The van der Waals surface area contributed by atoms with Crippen LogP contribution in [0, 0.1) is 0 Å². The zero-order chi connectivity index (χ0) is 23.7. The molecule has 0 aliphatic heterocycles. The van der Waals surface area contributed by atoms with E-state index in [1.807, 2.05) is 66.1 Å². The number of halogens is 1. The lowest BCUT2D eigenvalue weighted by molar-refractivity contribution is 0.900. The van der Waals surface area contributed by atoms with Crippen molar-refractivity contribution < 1.29 is 0 Å². The van der Waals surface area contributed by atoms with E-state index >= 15 is 0 Å². The van der Waals surface area contributed by atoms with Crippen LogP contribution in [0.1, 0.15) is 31.7 Å². The largest absolute Gasteiger partial charge is 0.286 e. The maximum atomic E-state index is 13.9. The third kappa shape index (κ3) is 3.99. The minimum Gasteiger partial charge on any atom is -0.280 e. The molecule has 0 atom stereocenters. The first kappa shape index (κ1) is 22.3. The van der Waals surface area contributed by atoms with Crippen LogP contribution in [0.2, 0.25) is 0 Å². The van der Waals surface area contributed by atoms with Crippen molar-refractivity contribution in [2.45, 2.75) is 33.1 Å². The lowest BCUT2D eigenvalue weighted by Crippen LogP contribution is -2.22. The standard InChI is InChI=1S/C28H25BrN4O/c1-3-8-19-11-13-20(14-12-19)26-31-27-25(28(34)33(26)23-17-15-21(29)16-18-23)30-24(4-2)32(27)22-9-6-5-7-10-22/h5-7,9-18H,3-4,8H2,1-2H3. The number of hydrogen-bond acceptors (Lipinski definition) is 3. The summed E-state index contributed by atoms with van der Waals surface area (Å²) in [5.41, 5.74) is 4.63. The average molecular weight is 513 g/mol. The molecular weight excluding hydrogens is 488 g/mol. The predicted molar refractivity (Wildman–Crippen MR) is 141 cm³/mol. The smallest absolute Gasteiger partial charge is 0.280 e. The molecule has 0 unspecified atom stereocenters. The first-order valence-electron chi connectivity index (χ1n) is 11.6. The number of fused-ring (bicyclic) bond motifs is 1. The van der Waals surface area contributed by atoms with Crippen molar-refractivity contribution in [3.05, 3.63) is 105 Å². The fourth-order valence-corrected chi connectivity index (χ4v) is 4.54. The van der Waals surface area contributed by atoms with E-state index in [2.05, 4.69) is 47.1 Å². The van der Waals surface area contributed by atoms with Crippen LogP contribution < -0.4 is 5.56 Å². The lowest BCUT2D eigenvalue weighted by atomic mass is 10.1. The molecular formula is C28H25BrN4O. The first-order chi connectivity index (χ1) is 16.6. The fraction of sp³-hybridized carbons (Fsp3) is 0.179. The van der Waals surface area contributed by atoms with Crippen LogP contribution in [0.25, 0.3) is 33.9 Å². The van der Waals surface area contributed by atoms with Gasteiger partial charge in [-0.05, 0) is 48.4 Å². The van der Waals surface area contributed by atoms with E-state index in [0.717, 1.165) is 40.1 Å². The van der Waals surface area contributed by atoms with Crippen LogP contribution in [0.3, 0.4) is 0 Å². The summed E-state index contributed by atoms with van der Waals surface area (Å²) in [6.07, 6.45) is 2.79. The third-order valence-electron chi connectivity index (χ3n) is 5.92. The van der Waals surface area contributed by atoms with E-state index in [0.29, 0.717) is 23.4 Å². The molecule has 3 aromatic carbocycles. The van der Waals surface area contributed by atoms with Gasteiger partial charge in [0.15, 0.2) is 11.2 Å². The molecule has 2 aromatic heterocycles. The molecule has 0 saturated heterocycles. The van der Waals surface area contributed by atoms with Crippen LogP contribution in [0.4, 0.5) is 0 Å². The number of para-hydroxylation sites is 1. The Morgan fingerprint density at radius 3 is 2.12 bits per heavy atom. The van der Waals surface area contributed by atoms with Gasteiger partial charge in [-0.3, -0.25) is 13.9 Å². The summed E-state index contributed by atoms with van der Waals surface area (Å²) in [5.74, 6) is 1.41. The molecule has 0 saturated carbocycles. The van der Waals surface area contributed by atoms with Gasteiger partial charge >= 0.3 is 0 Å². The SMILES string of the molecule is CCCc1ccc(-c2nc3c(nc(CC)n3-c3ccccc3)c(=O)n2-c2ccc(Br)cc2)cc1. The summed E-state index contributed by atoms with van der Waals surface area (Å²) < 4.78 is 4.62. The second kappa shape index (κ2) is 9.39. The maximum Gasteiger partial charge on any atom is 0.286 e. The number of nitrogens with zero attached hydrogens (tertiary/aromatic N) is 4. The molecule has 5 rings (SSSR count). The van der Waals surface area contributed by atoms with Crippen molar-refractivity contribution in [1.82, 2.24) is 19.1 Å². The average Bonchev–Trinajstić information content (AvgIpc) is 3.25. The number of aryl methyl sites for hydroxylation is 2. The van der Waals surface area contributed by atoms with Gasteiger partial charge in [-0.25, -0.2) is 9.97 Å². The summed E-state index contributed by atoms with van der Waals surface area (Å²) in [6.45, 7) is 4.21. The van der Waals surface area contributed by atoms with Gasteiger partial charge in [-0.1, -0.05) is 78.7 Å². The van der Waals surface area contributed by atoms with Crippen molar-refractivity contribution in [2.24, 2.45) is 0 Å². The van der Waals surface area contributed by atoms with Gasteiger partial charge < -0.3 is 0 Å². The first-order valence-corrected chi connectivity index (χ1v) is 12.3. The Hall–Kier alpha value is -3.51. The molecule has 34 heavy (non-hydrogen) atoms. The number of aromatic nitrogens is 4. The van der Waals surface area contributed by atoms with Crippen LogP contribution in [-0.2, 0) is 12.8 Å². The Morgan fingerprint density at radius 1 is 0.794 bits per heavy atom. The van der Waals surface area contributed by atoms with Gasteiger partial charge in [0.2, 0.25) is 0 Å². The Bertz CT molecular complexity index is 1500. The topological polar surface area (TPSA) is 52.7 Å². The molecule has 5 nitrogen and oxygen atoms in total. The van der Waals surface area contributed by atoms with E-state index in [-0.39, 0.29) is 5.56 Å².